The fourth-order valence-electron chi connectivity index (χ4n) is 7.17. The molecule has 0 bridgehead atoms. The van der Waals surface area contributed by atoms with E-state index in [9.17, 15) is 4.79 Å². The molecule has 0 saturated carbocycles. The molecule has 0 aliphatic rings. The number of rotatable bonds is 35. The van der Waals surface area contributed by atoms with Gasteiger partial charge in [0.1, 0.15) is 0 Å². The molecule has 245 valence electrons. The fourth-order valence-corrected chi connectivity index (χ4v) is 7.17. The molecule has 0 saturated heterocycles. The van der Waals surface area contributed by atoms with Gasteiger partial charge in [-0.2, -0.15) is 0 Å². The third-order valence-corrected chi connectivity index (χ3v) is 10.1. The summed E-state index contributed by atoms with van der Waals surface area (Å²) < 4.78 is 0. The molecule has 0 N–H and O–H groups in total. The summed E-state index contributed by atoms with van der Waals surface area (Å²) in [5.41, 5.74) is 0.222. The van der Waals surface area contributed by atoms with E-state index in [4.69, 9.17) is 0 Å². The van der Waals surface area contributed by atoms with Crippen LogP contribution < -0.4 is 0 Å². The Morgan fingerprint density at radius 2 is 0.610 bits per heavy atom. The van der Waals surface area contributed by atoms with Crippen LogP contribution in [0.3, 0.4) is 0 Å². The van der Waals surface area contributed by atoms with E-state index in [-0.39, 0.29) is 11.3 Å². The first-order chi connectivity index (χ1) is 20.2. The van der Waals surface area contributed by atoms with Gasteiger partial charge in [0, 0.05) is 5.92 Å². The van der Waals surface area contributed by atoms with E-state index in [1.807, 2.05) is 0 Å². The van der Waals surface area contributed by atoms with E-state index in [2.05, 4.69) is 34.0 Å². The van der Waals surface area contributed by atoms with Gasteiger partial charge >= 0.3 is 0 Å². The van der Waals surface area contributed by atoms with Crippen molar-refractivity contribution < 1.29 is 4.79 Å². The van der Waals surface area contributed by atoms with Gasteiger partial charge in [0.05, 0.1) is 0 Å². The number of hydrogen-bond acceptors (Lipinski definition) is 1. The second-order valence-electron chi connectivity index (χ2n) is 13.9. The maximum atomic E-state index is 12.7. The van der Waals surface area contributed by atoms with Gasteiger partial charge in [0.25, 0.3) is 0 Å². The minimum atomic E-state index is 0.169. The van der Waals surface area contributed by atoms with Crippen LogP contribution >= 0.6 is 0 Å². The number of carbonyl (C=O) groups excluding carboxylic acids is 1. The summed E-state index contributed by atoms with van der Waals surface area (Å²) in [7, 11) is 0. The summed E-state index contributed by atoms with van der Waals surface area (Å²) in [6.45, 7) is 9.23. The van der Waals surface area contributed by atoms with Crippen LogP contribution in [0.5, 0.6) is 0 Å². The molecular formula is C40H79O. The highest BCUT2D eigenvalue weighted by Crippen LogP contribution is 2.45. The molecule has 0 aliphatic carbocycles. The molecule has 0 amide bonds. The summed E-state index contributed by atoms with van der Waals surface area (Å²) in [5, 5.41) is 0. The van der Waals surface area contributed by atoms with Crippen LogP contribution in [0.2, 0.25) is 0 Å². The molecule has 1 atom stereocenters. The average molecular weight is 576 g/mol. The lowest BCUT2D eigenvalue weighted by Gasteiger charge is -2.39. The summed E-state index contributed by atoms with van der Waals surface area (Å²) in [6, 6.07) is 0. The molecule has 1 radical (unpaired) electrons. The molecule has 1 nitrogen and oxygen atoms in total. The van der Waals surface area contributed by atoms with E-state index in [1.165, 1.54) is 205 Å². The third kappa shape index (κ3) is 24.8. The third-order valence-electron chi connectivity index (χ3n) is 10.1. The van der Waals surface area contributed by atoms with Crippen LogP contribution in [0.25, 0.3) is 0 Å². The zero-order valence-electron chi connectivity index (χ0n) is 29.3. The normalized spacial score (nSPS) is 12.7. The molecule has 0 aliphatic heterocycles. The van der Waals surface area contributed by atoms with Crippen LogP contribution in [0.1, 0.15) is 240 Å². The zero-order valence-corrected chi connectivity index (χ0v) is 29.3. The highest BCUT2D eigenvalue weighted by molar-refractivity contribution is 5.56. The second-order valence-corrected chi connectivity index (χ2v) is 13.9. The Morgan fingerprint density at radius 3 is 0.878 bits per heavy atom. The Morgan fingerprint density at radius 1 is 0.366 bits per heavy atom. The second kappa shape index (κ2) is 32.6. The Balaban J connectivity index is 5.12. The van der Waals surface area contributed by atoms with Gasteiger partial charge in [-0.1, -0.05) is 214 Å². The van der Waals surface area contributed by atoms with Crippen molar-refractivity contribution in [3.8, 4) is 0 Å². The quantitative estimate of drug-likeness (QED) is 0.0687. The monoisotopic (exact) mass is 576 g/mol. The first-order valence-electron chi connectivity index (χ1n) is 19.6. The smallest absolute Gasteiger partial charge is 0.202 e. The Hall–Kier alpha value is -0.330. The molecule has 0 aromatic carbocycles. The van der Waals surface area contributed by atoms with Crippen LogP contribution in [-0.4, -0.2) is 6.29 Å². The van der Waals surface area contributed by atoms with Crippen molar-refractivity contribution in [3.05, 3.63) is 0 Å². The molecule has 0 spiro atoms. The van der Waals surface area contributed by atoms with Gasteiger partial charge in [-0.25, -0.2) is 0 Å². The Labute approximate surface area is 261 Å². The van der Waals surface area contributed by atoms with Crippen molar-refractivity contribution in [1.82, 2.24) is 0 Å². The van der Waals surface area contributed by atoms with E-state index >= 15 is 0 Å². The highest BCUT2D eigenvalue weighted by Gasteiger charge is 2.37. The summed E-state index contributed by atoms with van der Waals surface area (Å²) in [5.74, 6) is 0.169. The molecule has 0 fully saturated rings. The first-order valence-corrected chi connectivity index (χ1v) is 19.6. The summed E-state index contributed by atoms with van der Waals surface area (Å²) in [4.78, 5) is 12.7. The molecule has 41 heavy (non-hydrogen) atoms. The molecule has 0 rings (SSSR count). The van der Waals surface area contributed by atoms with Gasteiger partial charge < -0.3 is 0 Å². The van der Waals surface area contributed by atoms with E-state index in [1.54, 1.807) is 0 Å². The number of unbranched alkanes of at least 4 members (excludes halogenated alkanes) is 25. The Kier molecular flexibility index (Phi) is 32.3. The van der Waals surface area contributed by atoms with Crippen LogP contribution in [0, 0.1) is 11.3 Å². The van der Waals surface area contributed by atoms with Crippen molar-refractivity contribution in [2.45, 2.75) is 240 Å². The van der Waals surface area contributed by atoms with E-state index in [0.29, 0.717) is 0 Å². The van der Waals surface area contributed by atoms with Crippen molar-refractivity contribution in [1.29, 1.82) is 0 Å². The predicted octanol–water partition coefficient (Wildman–Crippen LogP) is 14.7. The Bertz CT molecular complexity index is 481. The molecule has 1 unspecified atom stereocenters. The maximum absolute atomic E-state index is 12.7. The van der Waals surface area contributed by atoms with Gasteiger partial charge in [0.15, 0.2) is 0 Å². The van der Waals surface area contributed by atoms with Gasteiger partial charge in [-0.05, 0) is 31.1 Å². The predicted molar refractivity (Wildman–Crippen MR) is 187 cm³/mol. The van der Waals surface area contributed by atoms with Crippen LogP contribution in [0.15, 0.2) is 0 Å². The molecule has 0 aromatic heterocycles. The van der Waals surface area contributed by atoms with Crippen molar-refractivity contribution in [2.75, 3.05) is 0 Å². The first kappa shape index (κ1) is 40.7. The van der Waals surface area contributed by atoms with Crippen LogP contribution in [-0.2, 0) is 4.79 Å². The fraction of sp³-hybridized carbons (Fsp3) is 0.975. The van der Waals surface area contributed by atoms with E-state index < -0.39 is 0 Å². The van der Waals surface area contributed by atoms with E-state index in [0.717, 1.165) is 6.42 Å². The standard InChI is InChI=1S/C40H79O/c1-5-9-13-17-21-23-25-29-33-37-40(35-31-27-19-15-11-7-3,36-32-28-20-16-12-8-4)39(38-41)34-30-26-24-22-18-14-10-6-2/h39H,5-37H2,1-4H3. The number of hydrogen-bond donors (Lipinski definition) is 0. The lowest BCUT2D eigenvalue weighted by Crippen LogP contribution is -2.32. The molecule has 0 heterocycles. The largest absolute Gasteiger partial charge is 0.291 e. The maximum Gasteiger partial charge on any atom is 0.202 e. The summed E-state index contributed by atoms with van der Waals surface area (Å²) >= 11 is 0. The minimum Gasteiger partial charge on any atom is -0.291 e. The molecule has 1 heteroatoms. The van der Waals surface area contributed by atoms with Gasteiger partial charge in [-0.15, -0.1) is 0 Å². The molecular weight excluding hydrogens is 496 g/mol. The topological polar surface area (TPSA) is 17.1 Å². The summed E-state index contributed by atoms with van der Waals surface area (Å²) in [6.07, 6.45) is 47.3. The zero-order chi connectivity index (χ0) is 30.1. The van der Waals surface area contributed by atoms with Gasteiger partial charge in [-0.3, -0.25) is 4.79 Å². The van der Waals surface area contributed by atoms with Crippen molar-refractivity contribution in [2.24, 2.45) is 11.3 Å². The molecule has 0 aromatic rings. The lowest BCUT2D eigenvalue weighted by atomic mass is 9.64. The highest BCUT2D eigenvalue weighted by atomic mass is 16.1. The van der Waals surface area contributed by atoms with Crippen molar-refractivity contribution in [3.63, 3.8) is 0 Å². The van der Waals surface area contributed by atoms with Crippen LogP contribution in [0.4, 0.5) is 0 Å². The average Bonchev–Trinajstić information content (AvgIpc) is 2.98. The minimum absolute atomic E-state index is 0.169. The SMILES string of the molecule is CCCCCCCCCCCC(CCCCCCCC)(CCCCCCCC)C([C]=O)CCCCCCCCCC. The van der Waals surface area contributed by atoms with Crippen molar-refractivity contribution >= 4 is 6.29 Å². The van der Waals surface area contributed by atoms with Gasteiger partial charge in [0.2, 0.25) is 6.29 Å². The lowest BCUT2D eigenvalue weighted by molar-refractivity contribution is 0.130.